The molecule has 110 valence electrons. The summed E-state index contributed by atoms with van der Waals surface area (Å²) in [7, 11) is 2.09. The van der Waals surface area contributed by atoms with Crippen molar-refractivity contribution in [2.24, 2.45) is 7.05 Å². The Kier molecular flexibility index (Phi) is 2.86. The van der Waals surface area contributed by atoms with Crippen LogP contribution in [0.5, 0.6) is 0 Å². The van der Waals surface area contributed by atoms with E-state index in [2.05, 4.69) is 78.7 Å². The monoisotopic (exact) mass is 288 g/mol. The SMILES string of the molecule is C=C1c2ccc(CC)cc2CN1c1ccc2ccn(C)c2c1. The normalized spacial score (nSPS) is 13.9. The maximum absolute atomic E-state index is 4.32. The zero-order chi connectivity index (χ0) is 15.3. The third-order valence-electron chi connectivity index (χ3n) is 4.73. The van der Waals surface area contributed by atoms with Gasteiger partial charge in [-0.25, -0.2) is 0 Å². The Morgan fingerprint density at radius 2 is 1.95 bits per heavy atom. The Balaban J connectivity index is 1.76. The Hall–Kier alpha value is -2.48. The predicted octanol–water partition coefficient (Wildman–Crippen LogP) is 4.73. The lowest BCUT2D eigenvalue weighted by atomic mass is 10.0. The van der Waals surface area contributed by atoms with E-state index < -0.39 is 0 Å². The quantitative estimate of drug-likeness (QED) is 0.661. The van der Waals surface area contributed by atoms with Gasteiger partial charge >= 0.3 is 0 Å². The molecular weight excluding hydrogens is 268 g/mol. The zero-order valence-electron chi connectivity index (χ0n) is 13.1. The molecule has 0 aliphatic carbocycles. The van der Waals surface area contributed by atoms with E-state index in [0.29, 0.717) is 0 Å². The maximum atomic E-state index is 4.32. The fraction of sp³-hybridized carbons (Fsp3) is 0.200. The number of nitrogens with zero attached hydrogens (tertiary/aromatic N) is 2. The van der Waals surface area contributed by atoms with Gasteiger partial charge in [-0.2, -0.15) is 0 Å². The van der Waals surface area contributed by atoms with Crippen molar-refractivity contribution in [1.29, 1.82) is 0 Å². The van der Waals surface area contributed by atoms with Gasteiger partial charge < -0.3 is 9.47 Å². The van der Waals surface area contributed by atoms with E-state index >= 15 is 0 Å². The van der Waals surface area contributed by atoms with Gasteiger partial charge in [0.2, 0.25) is 0 Å². The van der Waals surface area contributed by atoms with Gasteiger partial charge in [0.1, 0.15) is 0 Å². The average Bonchev–Trinajstić information content (AvgIpc) is 3.08. The number of rotatable bonds is 2. The molecule has 0 atom stereocenters. The highest BCUT2D eigenvalue weighted by molar-refractivity contribution is 5.89. The number of hydrogen-bond donors (Lipinski definition) is 0. The third-order valence-corrected chi connectivity index (χ3v) is 4.73. The van der Waals surface area contributed by atoms with Crippen LogP contribution >= 0.6 is 0 Å². The maximum Gasteiger partial charge on any atom is 0.0498 e. The van der Waals surface area contributed by atoms with Gasteiger partial charge in [-0.05, 0) is 41.1 Å². The summed E-state index contributed by atoms with van der Waals surface area (Å²) in [6, 6.07) is 15.6. The van der Waals surface area contributed by atoms with Gasteiger partial charge in [0.25, 0.3) is 0 Å². The van der Waals surface area contributed by atoms with E-state index in [1.165, 1.54) is 33.3 Å². The molecule has 0 saturated carbocycles. The van der Waals surface area contributed by atoms with E-state index in [1.807, 2.05) is 0 Å². The standard InChI is InChI=1S/C20H20N2/c1-4-15-5-8-19-14(2)22(13-17(19)11-15)18-7-6-16-9-10-21(3)20(16)12-18/h5-12H,2,4,13H2,1,3H3. The highest BCUT2D eigenvalue weighted by Gasteiger charge is 2.23. The molecule has 0 spiro atoms. The summed E-state index contributed by atoms with van der Waals surface area (Å²) in [6.07, 6.45) is 3.19. The minimum absolute atomic E-state index is 0.915. The molecule has 0 radical (unpaired) electrons. The molecule has 1 aliphatic heterocycles. The van der Waals surface area contributed by atoms with Crippen molar-refractivity contribution in [3.05, 3.63) is 71.9 Å². The summed E-state index contributed by atoms with van der Waals surface area (Å²) in [5, 5.41) is 1.28. The lowest BCUT2D eigenvalue weighted by molar-refractivity contribution is 0.966. The second-order valence-electron chi connectivity index (χ2n) is 6.05. The molecule has 0 unspecified atom stereocenters. The van der Waals surface area contributed by atoms with Crippen LogP contribution in [0.15, 0.2) is 55.2 Å². The second-order valence-corrected chi connectivity index (χ2v) is 6.05. The smallest absolute Gasteiger partial charge is 0.0498 e. The fourth-order valence-electron chi connectivity index (χ4n) is 3.36. The number of hydrogen-bond acceptors (Lipinski definition) is 1. The molecule has 22 heavy (non-hydrogen) atoms. The molecule has 0 amide bonds. The first kappa shape index (κ1) is 13.2. The van der Waals surface area contributed by atoms with Crippen molar-refractivity contribution >= 4 is 22.3 Å². The number of anilines is 1. The van der Waals surface area contributed by atoms with Crippen molar-refractivity contribution in [3.8, 4) is 0 Å². The summed E-state index contributed by atoms with van der Waals surface area (Å²) in [5.41, 5.74) is 7.64. The lowest BCUT2D eigenvalue weighted by Gasteiger charge is -2.20. The van der Waals surface area contributed by atoms with Crippen LogP contribution in [0.2, 0.25) is 0 Å². The van der Waals surface area contributed by atoms with Gasteiger partial charge in [0.15, 0.2) is 0 Å². The molecule has 0 saturated heterocycles. The van der Waals surface area contributed by atoms with E-state index in [9.17, 15) is 0 Å². The van der Waals surface area contributed by atoms with E-state index in [4.69, 9.17) is 0 Å². The van der Waals surface area contributed by atoms with Crippen LogP contribution in [0, 0.1) is 0 Å². The molecule has 1 aliphatic rings. The Labute approximate surface area is 131 Å². The number of aryl methyl sites for hydroxylation is 2. The van der Waals surface area contributed by atoms with Gasteiger partial charge in [-0.3, -0.25) is 0 Å². The summed E-state index contributed by atoms with van der Waals surface area (Å²) in [4.78, 5) is 2.32. The minimum Gasteiger partial charge on any atom is -0.350 e. The molecule has 4 rings (SSSR count). The highest BCUT2D eigenvalue weighted by Crippen LogP contribution is 2.37. The molecule has 3 aromatic rings. The third kappa shape index (κ3) is 1.87. The Bertz CT molecular complexity index is 886. The first-order chi connectivity index (χ1) is 10.7. The summed E-state index contributed by atoms with van der Waals surface area (Å²) in [6.45, 7) is 7.43. The van der Waals surface area contributed by atoms with Crippen LogP contribution in [-0.4, -0.2) is 4.57 Å². The van der Waals surface area contributed by atoms with Crippen molar-refractivity contribution in [2.45, 2.75) is 19.9 Å². The van der Waals surface area contributed by atoms with Crippen LogP contribution < -0.4 is 4.90 Å². The molecule has 2 aromatic carbocycles. The van der Waals surface area contributed by atoms with Gasteiger partial charge in [0, 0.05) is 42.3 Å². The molecular formula is C20H20N2. The van der Waals surface area contributed by atoms with Gasteiger partial charge in [-0.15, -0.1) is 0 Å². The van der Waals surface area contributed by atoms with Gasteiger partial charge in [0.05, 0.1) is 0 Å². The van der Waals surface area contributed by atoms with Crippen LogP contribution in [0.25, 0.3) is 16.6 Å². The molecule has 0 bridgehead atoms. The first-order valence-electron chi connectivity index (χ1n) is 7.81. The van der Waals surface area contributed by atoms with Crippen molar-refractivity contribution in [2.75, 3.05) is 4.90 Å². The van der Waals surface area contributed by atoms with Gasteiger partial charge in [-0.1, -0.05) is 37.8 Å². The van der Waals surface area contributed by atoms with Crippen LogP contribution in [0.3, 0.4) is 0 Å². The van der Waals surface area contributed by atoms with Crippen LogP contribution in [0.1, 0.15) is 23.6 Å². The summed E-state index contributed by atoms with van der Waals surface area (Å²) in [5.74, 6) is 0. The summed E-state index contributed by atoms with van der Waals surface area (Å²) < 4.78 is 2.17. The molecule has 0 fully saturated rings. The molecule has 2 nitrogen and oxygen atoms in total. The van der Waals surface area contributed by atoms with Crippen LogP contribution in [-0.2, 0) is 20.0 Å². The van der Waals surface area contributed by atoms with Crippen molar-refractivity contribution in [1.82, 2.24) is 4.57 Å². The van der Waals surface area contributed by atoms with E-state index in [1.54, 1.807) is 0 Å². The summed E-state index contributed by atoms with van der Waals surface area (Å²) >= 11 is 0. The van der Waals surface area contributed by atoms with E-state index in [0.717, 1.165) is 18.7 Å². The topological polar surface area (TPSA) is 8.17 Å². The number of fused-ring (bicyclic) bond motifs is 2. The fourth-order valence-corrected chi connectivity index (χ4v) is 3.36. The van der Waals surface area contributed by atoms with Crippen LogP contribution in [0.4, 0.5) is 5.69 Å². The lowest BCUT2D eigenvalue weighted by Crippen LogP contribution is -2.12. The second kappa shape index (κ2) is 4.77. The predicted molar refractivity (Wildman–Crippen MR) is 94.0 cm³/mol. The number of aromatic nitrogens is 1. The van der Waals surface area contributed by atoms with Crippen molar-refractivity contribution in [3.63, 3.8) is 0 Å². The zero-order valence-corrected chi connectivity index (χ0v) is 13.1. The average molecular weight is 288 g/mol. The molecule has 2 heterocycles. The molecule has 2 heteroatoms. The Morgan fingerprint density at radius 3 is 2.77 bits per heavy atom. The minimum atomic E-state index is 0.915. The first-order valence-corrected chi connectivity index (χ1v) is 7.81. The number of benzene rings is 2. The van der Waals surface area contributed by atoms with Crippen molar-refractivity contribution < 1.29 is 0 Å². The Morgan fingerprint density at radius 1 is 1.09 bits per heavy atom. The molecule has 1 aromatic heterocycles. The highest BCUT2D eigenvalue weighted by atomic mass is 15.2. The van der Waals surface area contributed by atoms with E-state index in [-0.39, 0.29) is 0 Å². The molecule has 0 N–H and O–H groups in total. The largest absolute Gasteiger partial charge is 0.350 e.